The molecule has 0 aliphatic heterocycles. The molecule has 1 aliphatic rings. The minimum Gasteiger partial charge on any atom is -0.494 e. The summed E-state index contributed by atoms with van der Waals surface area (Å²) in [5.41, 5.74) is 3.63. The molecule has 2 heterocycles. The first-order valence-electron chi connectivity index (χ1n) is 12.9. The number of nitrogens with one attached hydrogen (secondary N) is 5. The molecule has 0 radical (unpaired) electrons. The number of fused-ring (bicyclic) bond motifs is 1. The fourth-order valence-corrected chi connectivity index (χ4v) is 4.39. The molecule has 0 bridgehead atoms. The number of anilines is 3. The maximum Gasteiger partial charge on any atom is 0.307 e. The monoisotopic (exact) mass is 496 g/mol. The molecule has 3 aromatic rings. The van der Waals surface area contributed by atoms with Crippen molar-refractivity contribution in [3.8, 4) is 5.75 Å². The van der Waals surface area contributed by atoms with Crippen LogP contribution in [0.2, 0.25) is 0 Å². The Kier molecular flexibility index (Phi) is 9.32. The fraction of sp³-hybridized carbons (Fsp3) is 0.538. The summed E-state index contributed by atoms with van der Waals surface area (Å²) >= 11 is 0. The predicted octanol–water partition coefficient (Wildman–Crippen LogP) is 3.88. The Labute approximate surface area is 212 Å². The first-order valence-corrected chi connectivity index (χ1v) is 12.9. The number of nitrogens with zero attached hydrogens (tertiary/aromatic N) is 2. The van der Waals surface area contributed by atoms with E-state index in [1.165, 1.54) is 32.1 Å². The Morgan fingerprint density at radius 3 is 2.83 bits per heavy atom. The second kappa shape index (κ2) is 13.1. The summed E-state index contributed by atoms with van der Waals surface area (Å²) in [6, 6.07) is 6.39. The van der Waals surface area contributed by atoms with E-state index in [9.17, 15) is 4.79 Å². The molecule has 4 rings (SSSR count). The van der Waals surface area contributed by atoms with E-state index in [4.69, 9.17) is 14.5 Å². The third-order valence-electron chi connectivity index (χ3n) is 6.42. The van der Waals surface area contributed by atoms with Crippen LogP contribution in [0.4, 0.5) is 17.5 Å². The van der Waals surface area contributed by atoms with Gasteiger partial charge < -0.3 is 25.4 Å². The lowest BCUT2D eigenvalue weighted by Crippen LogP contribution is -2.25. The van der Waals surface area contributed by atoms with Crippen molar-refractivity contribution in [1.82, 2.24) is 20.3 Å². The normalized spacial score (nSPS) is 14.1. The lowest BCUT2D eigenvalue weighted by Gasteiger charge is -2.23. The van der Waals surface area contributed by atoms with Crippen molar-refractivity contribution in [1.29, 1.82) is 0 Å². The molecule has 1 aromatic carbocycles. The van der Waals surface area contributed by atoms with Gasteiger partial charge in [0.25, 0.3) is 0 Å². The van der Waals surface area contributed by atoms with Gasteiger partial charge in [-0.2, -0.15) is 4.98 Å². The van der Waals surface area contributed by atoms with Crippen LogP contribution in [0.5, 0.6) is 5.75 Å². The van der Waals surface area contributed by atoms with Crippen LogP contribution in [0.3, 0.4) is 0 Å². The van der Waals surface area contributed by atoms with Crippen molar-refractivity contribution in [2.24, 2.45) is 0 Å². The van der Waals surface area contributed by atoms with Crippen LogP contribution in [0.15, 0.2) is 24.5 Å². The Hall–Kier alpha value is -3.40. The molecule has 0 atom stereocenters. The van der Waals surface area contributed by atoms with Crippen molar-refractivity contribution < 1.29 is 19.3 Å². The van der Waals surface area contributed by atoms with Crippen molar-refractivity contribution in [3.63, 3.8) is 0 Å². The van der Waals surface area contributed by atoms with Crippen molar-refractivity contribution in [2.45, 2.75) is 64.3 Å². The van der Waals surface area contributed by atoms with Gasteiger partial charge in [-0.25, -0.2) is 4.98 Å². The predicted molar refractivity (Wildman–Crippen MR) is 140 cm³/mol. The number of ether oxygens (including phenoxy) is 2. The van der Waals surface area contributed by atoms with E-state index in [1.807, 2.05) is 25.1 Å². The number of aromatic nitrogens is 4. The molecule has 1 fully saturated rings. The molecular weight excluding hydrogens is 458 g/mol. The minimum absolute atomic E-state index is 0.0193. The zero-order valence-corrected chi connectivity index (χ0v) is 21.3. The number of imidazole rings is 1. The average Bonchev–Trinajstić information content (AvgIpc) is 3.36. The SMILES string of the molecule is COCCC(=O)NCCCCOc1ccc(Nc2nc(NC3CCCCC3)c3[nH]c[nH+]c3n2)c(C)c1. The molecule has 10 heteroatoms. The number of aromatic amines is 2. The quantitative estimate of drug-likeness (QED) is 0.264. The first kappa shape index (κ1) is 25.7. The van der Waals surface area contributed by atoms with E-state index in [-0.39, 0.29) is 5.91 Å². The number of methoxy groups -OCH3 is 1. The summed E-state index contributed by atoms with van der Waals surface area (Å²) in [6.07, 6.45) is 10.1. The van der Waals surface area contributed by atoms with Crippen LogP contribution < -0.4 is 25.7 Å². The van der Waals surface area contributed by atoms with Gasteiger partial charge in [-0.3, -0.25) is 9.78 Å². The number of unbranched alkanes of at least 4 members (excludes halogenated alkanes) is 1. The third kappa shape index (κ3) is 7.30. The molecule has 1 aliphatic carbocycles. The summed E-state index contributed by atoms with van der Waals surface area (Å²) in [6.45, 7) is 3.73. The zero-order valence-electron chi connectivity index (χ0n) is 21.3. The maximum atomic E-state index is 11.6. The standard InChI is InChI=1S/C26H37N7O3/c1-18-16-20(36-14-7-6-13-27-22(34)12-15-35-2)10-11-21(18)31-26-32-24-23(28-17-29-24)25(33-26)30-19-8-4-3-5-9-19/h10-11,16-17,19H,3-9,12-15H2,1-2H3,(H,27,34)(H3,28,29,30,31,32,33)/p+1. The summed E-state index contributed by atoms with van der Waals surface area (Å²) in [5, 5.41) is 9.88. The Morgan fingerprint density at radius 2 is 2.03 bits per heavy atom. The number of carbonyl (C=O) groups is 1. The maximum absolute atomic E-state index is 11.6. The van der Waals surface area contributed by atoms with Gasteiger partial charge in [0.05, 0.1) is 13.2 Å². The molecule has 194 valence electrons. The number of hydrogen-bond acceptors (Lipinski definition) is 7. The van der Waals surface area contributed by atoms with Crippen LogP contribution in [0.1, 0.15) is 56.9 Å². The van der Waals surface area contributed by atoms with E-state index >= 15 is 0 Å². The molecule has 0 saturated heterocycles. The molecule has 1 amide bonds. The van der Waals surface area contributed by atoms with Gasteiger partial charge in [-0.1, -0.05) is 24.2 Å². The second-order valence-corrected chi connectivity index (χ2v) is 9.28. The number of H-pyrrole nitrogens is 2. The summed E-state index contributed by atoms with van der Waals surface area (Å²) in [4.78, 5) is 27.4. The van der Waals surface area contributed by atoms with Crippen LogP contribution in [-0.4, -0.2) is 53.8 Å². The number of carbonyl (C=O) groups excluding carboxylic acids is 1. The van der Waals surface area contributed by atoms with Gasteiger partial charge in [0.2, 0.25) is 11.4 Å². The highest BCUT2D eigenvalue weighted by Crippen LogP contribution is 2.27. The van der Waals surface area contributed by atoms with E-state index in [2.05, 4.69) is 30.9 Å². The average molecular weight is 497 g/mol. The molecule has 10 nitrogen and oxygen atoms in total. The van der Waals surface area contributed by atoms with E-state index in [0.29, 0.717) is 38.2 Å². The van der Waals surface area contributed by atoms with Crippen molar-refractivity contribution in [2.75, 3.05) is 37.5 Å². The summed E-state index contributed by atoms with van der Waals surface area (Å²) in [7, 11) is 1.59. The molecule has 2 aromatic heterocycles. The van der Waals surface area contributed by atoms with Gasteiger partial charge in [0, 0.05) is 31.8 Å². The lowest BCUT2D eigenvalue weighted by molar-refractivity contribution is -0.347. The van der Waals surface area contributed by atoms with Crippen molar-refractivity contribution in [3.05, 3.63) is 30.1 Å². The van der Waals surface area contributed by atoms with Crippen LogP contribution in [0.25, 0.3) is 11.2 Å². The molecular formula is C26H38N7O3+. The van der Waals surface area contributed by atoms with Gasteiger partial charge in [0.15, 0.2) is 12.1 Å². The van der Waals surface area contributed by atoms with Crippen LogP contribution in [0, 0.1) is 6.92 Å². The Morgan fingerprint density at radius 1 is 1.17 bits per heavy atom. The van der Waals surface area contributed by atoms with Gasteiger partial charge in [-0.15, -0.1) is 0 Å². The Bertz CT molecular complexity index is 1130. The summed E-state index contributed by atoms with van der Waals surface area (Å²) < 4.78 is 10.8. The zero-order chi connectivity index (χ0) is 25.2. The van der Waals surface area contributed by atoms with E-state index in [0.717, 1.165) is 46.8 Å². The van der Waals surface area contributed by atoms with E-state index < -0.39 is 0 Å². The second-order valence-electron chi connectivity index (χ2n) is 9.28. The molecule has 36 heavy (non-hydrogen) atoms. The highest BCUT2D eigenvalue weighted by Gasteiger charge is 2.20. The highest BCUT2D eigenvalue weighted by atomic mass is 16.5. The van der Waals surface area contributed by atoms with Gasteiger partial charge in [0.1, 0.15) is 5.75 Å². The highest BCUT2D eigenvalue weighted by molar-refractivity contribution is 5.82. The third-order valence-corrected chi connectivity index (χ3v) is 6.42. The number of amides is 1. The lowest BCUT2D eigenvalue weighted by atomic mass is 9.95. The van der Waals surface area contributed by atoms with Crippen LogP contribution >= 0.6 is 0 Å². The summed E-state index contributed by atoms with van der Waals surface area (Å²) in [5.74, 6) is 2.20. The minimum atomic E-state index is 0.0193. The number of hydrogen-bond donors (Lipinski definition) is 4. The van der Waals surface area contributed by atoms with E-state index in [1.54, 1.807) is 13.4 Å². The topological polar surface area (TPSA) is 127 Å². The Balaban J connectivity index is 1.29. The van der Waals surface area contributed by atoms with Crippen molar-refractivity contribution >= 4 is 34.5 Å². The number of rotatable bonds is 13. The smallest absolute Gasteiger partial charge is 0.307 e. The number of benzene rings is 1. The molecule has 0 unspecified atom stereocenters. The largest absolute Gasteiger partial charge is 0.494 e. The molecule has 5 N–H and O–H groups in total. The molecule has 0 spiro atoms. The van der Waals surface area contributed by atoms with Gasteiger partial charge >= 0.3 is 11.6 Å². The van der Waals surface area contributed by atoms with Gasteiger partial charge in [-0.05, 0) is 56.4 Å². The number of aryl methyl sites for hydroxylation is 1. The molecule has 1 saturated carbocycles. The fourth-order valence-electron chi connectivity index (χ4n) is 4.39. The van der Waals surface area contributed by atoms with Crippen LogP contribution in [-0.2, 0) is 9.53 Å². The first-order chi connectivity index (χ1) is 17.6.